The summed E-state index contributed by atoms with van der Waals surface area (Å²) in [5.41, 5.74) is 3.42. The topological polar surface area (TPSA) is 62.6 Å². The minimum atomic E-state index is -0.392. The van der Waals surface area contributed by atoms with E-state index in [0.717, 1.165) is 31.5 Å². The summed E-state index contributed by atoms with van der Waals surface area (Å²) < 4.78 is 5.77. The number of hydrogen-bond donors (Lipinski definition) is 1. The van der Waals surface area contributed by atoms with Crippen LogP contribution in [0.4, 0.5) is 0 Å². The molecule has 3 aromatic rings. The summed E-state index contributed by atoms with van der Waals surface area (Å²) in [5, 5.41) is 3.87. The van der Waals surface area contributed by atoms with E-state index < -0.39 is 5.91 Å². The third-order valence-corrected chi connectivity index (χ3v) is 6.84. The lowest BCUT2D eigenvalue weighted by atomic mass is 9.86. The van der Waals surface area contributed by atoms with Gasteiger partial charge < -0.3 is 9.73 Å². The Morgan fingerprint density at radius 2 is 1.79 bits per heavy atom. The molecule has 1 aliphatic heterocycles. The fourth-order valence-electron chi connectivity index (χ4n) is 4.38. The molecule has 0 radical (unpaired) electrons. The Balaban J connectivity index is 1.56. The molecule has 0 unspecified atom stereocenters. The largest absolute Gasteiger partial charge is 0.451 e. The first kappa shape index (κ1) is 23.5. The van der Waals surface area contributed by atoms with Crippen molar-refractivity contribution in [1.29, 1.82) is 0 Å². The molecule has 0 aliphatic carbocycles. The second kappa shape index (κ2) is 9.32. The fraction of sp³-hybridized carbons (Fsp3) is 0.407. The number of benzene rings is 2. The van der Waals surface area contributed by atoms with Crippen molar-refractivity contribution in [2.75, 3.05) is 19.6 Å². The average molecular weight is 467 g/mol. The quantitative estimate of drug-likeness (QED) is 0.530. The van der Waals surface area contributed by atoms with Crippen LogP contribution in [0.2, 0.25) is 5.02 Å². The van der Waals surface area contributed by atoms with E-state index in [4.69, 9.17) is 16.0 Å². The first-order chi connectivity index (χ1) is 15.6. The Bertz CT molecular complexity index is 1220. The van der Waals surface area contributed by atoms with Crippen LogP contribution in [0.1, 0.15) is 66.9 Å². The highest BCUT2D eigenvalue weighted by Gasteiger charge is 2.25. The van der Waals surface area contributed by atoms with Crippen LogP contribution in [0.25, 0.3) is 11.0 Å². The molecule has 1 aromatic heterocycles. The van der Waals surface area contributed by atoms with Crippen LogP contribution >= 0.6 is 11.6 Å². The van der Waals surface area contributed by atoms with Crippen LogP contribution in [0.3, 0.4) is 0 Å². The maximum Gasteiger partial charge on any atom is 0.287 e. The zero-order valence-corrected chi connectivity index (χ0v) is 20.5. The number of carbonyl (C=O) groups is 1. The first-order valence-corrected chi connectivity index (χ1v) is 11.9. The van der Waals surface area contributed by atoms with Gasteiger partial charge in [-0.2, -0.15) is 0 Å². The van der Waals surface area contributed by atoms with Crippen molar-refractivity contribution in [3.05, 3.63) is 80.2 Å². The van der Waals surface area contributed by atoms with E-state index in [1.165, 1.54) is 17.2 Å². The van der Waals surface area contributed by atoms with Crippen molar-refractivity contribution in [2.45, 2.75) is 52.0 Å². The summed E-state index contributed by atoms with van der Waals surface area (Å²) in [6.07, 6.45) is 2.32. The van der Waals surface area contributed by atoms with E-state index in [0.29, 0.717) is 22.5 Å². The van der Waals surface area contributed by atoms with Crippen LogP contribution in [0.5, 0.6) is 0 Å². The van der Waals surface area contributed by atoms with Gasteiger partial charge in [-0.3, -0.25) is 14.5 Å². The second-order valence-electron chi connectivity index (χ2n) is 9.91. The number of fused-ring (bicyclic) bond motifs is 1. The molecule has 4 rings (SSSR count). The lowest BCUT2D eigenvalue weighted by molar-refractivity contribution is 0.0910. The zero-order chi connectivity index (χ0) is 23.8. The molecule has 6 heteroatoms. The second-order valence-corrected chi connectivity index (χ2v) is 10.3. The van der Waals surface area contributed by atoms with Gasteiger partial charge in [0, 0.05) is 17.6 Å². The number of nitrogens with zero attached hydrogens (tertiary/aromatic N) is 1. The summed E-state index contributed by atoms with van der Waals surface area (Å²) in [7, 11) is 0. The lowest BCUT2D eigenvalue weighted by Crippen LogP contribution is -2.37. The van der Waals surface area contributed by atoms with Crippen molar-refractivity contribution in [3.8, 4) is 0 Å². The summed E-state index contributed by atoms with van der Waals surface area (Å²) in [5.74, 6) is -0.380. The smallest absolute Gasteiger partial charge is 0.287 e. The Labute approximate surface area is 199 Å². The minimum Gasteiger partial charge on any atom is -0.451 e. The Kier molecular flexibility index (Phi) is 6.64. The summed E-state index contributed by atoms with van der Waals surface area (Å²) in [6.45, 7) is 10.9. The van der Waals surface area contributed by atoms with E-state index in [1.54, 1.807) is 12.1 Å². The van der Waals surface area contributed by atoms with Crippen LogP contribution in [-0.2, 0) is 5.41 Å². The highest BCUT2D eigenvalue weighted by atomic mass is 35.5. The molecule has 1 fully saturated rings. The third kappa shape index (κ3) is 5.15. The molecule has 174 valence electrons. The van der Waals surface area contributed by atoms with Crippen molar-refractivity contribution in [3.63, 3.8) is 0 Å². The SMILES string of the molecule is Cc1cc2oc(C(=O)NC[C@H](c3ccc(C(C)(C)C)cc3)N3CCCC3)cc(=O)c2cc1Cl. The highest BCUT2D eigenvalue weighted by molar-refractivity contribution is 6.32. The third-order valence-electron chi connectivity index (χ3n) is 6.43. The number of nitrogens with one attached hydrogen (secondary N) is 1. The molecule has 1 aliphatic rings. The van der Waals surface area contributed by atoms with Gasteiger partial charge in [-0.25, -0.2) is 0 Å². The van der Waals surface area contributed by atoms with Gasteiger partial charge in [-0.15, -0.1) is 0 Å². The van der Waals surface area contributed by atoms with E-state index in [-0.39, 0.29) is 22.6 Å². The number of amides is 1. The zero-order valence-electron chi connectivity index (χ0n) is 19.7. The van der Waals surface area contributed by atoms with Gasteiger partial charge in [-0.1, -0.05) is 56.6 Å². The van der Waals surface area contributed by atoms with Gasteiger partial charge in [0.05, 0.1) is 11.4 Å². The molecule has 0 spiro atoms. The van der Waals surface area contributed by atoms with Crippen LogP contribution in [0.15, 0.2) is 51.7 Å². The van der Waals surface area contributed by atoms with E-state index in [9.17, 15) is 9.59 Å². The molecule has 33 heavy (non-hydrogen) atoms. The normalized spacial score (nSPS) is 15.7. The highest BCUT2D eigenvalue weighted by Crippen LogP contribution is 2.28. The molecular formula is C27H31ClN2O3. The number of likely N-dealkylation sites (tertiary alicyclic amines) is 1. The lowest BCUT2D eigenvalue weighted by Gasteiger charge is -2.29. The Hall–Kier alpha value is -2.63. The summed E-state index contributed by atoms with van der Waals surface area (Å²) in [4.78, 5) is 27.9. The van der Waals surface area contributed by atoms with Crippen LogP contribution < -0.4 is 10.7 Å². The number of aryl methyl sites for hydroxylation is 1. The molecule has 2 aromatic carbocycles. The van der Waals surface area contributed by atoms with E-state index >= 15 is 0 Å². The predicted octanol–water partition coefficient (Wildman–Crippen LogP) is 5.62. The molecule has 1 saturated heterocycles. The fourth-order valence-corrected chi connectivity index (χ4v) is 4.55. The molecule has 2 heterocycles. The first-order valence-electron chi connectivity index (χ1n) is 11.5. The monoisotopic (exact) mass is 466 g/mol. The van der Waals surface area contributed by atoms with Gasteiger partial charge in [0.15, 0.2) is 11.2 Å². The maximum atomic E-state index is 12.9. The number of hydrogen-bond acceptors (Lipinski definition) is 4. The van der Waals surface area contributed by atoms with Crippen molar-refractivity contribution in [1.82, 2.24) is 10.2 Å². The van der Waals surface area contributed by atoms with Gasteiger partial charge in [0.1, 0.15) is 5.58 Å². The van der Waals surface area contributed by atoms with Crippen molar-refractivity contribution in [2.24, 2.45) is 0 Å². The molecule has 1 amide bonds. The minimum absolute atomic E-state index is 0.0116. The molecule has 0 bridgehead atoms. The molecule has 1 atom stereocenters. The van der Waals surface area contributed by atoms with Gasteiger partial charge in [0.25, 0.3) is 5.91 Å². The number of carbonyl (C=O) groups excluding carboxylic acids is 1. The van der Waals surface area contributed by atoms with Crippen LogP contribution in [0, 0.1) is 6.92 Å². The summed E-state index contributed by atoms with van der Waals surface area (Å²) >= 11 is 6.14. The maximum absolute atomic E-state index is 12.9. The van der Waals surface area contributed by atoms with Gasteiger partial charge >= 0.3 is 0 Å². The molecule has 5 nitrogen and oxygen atoms in total. The number of halogens is 1. The van der Waals surface area contributed by atoms with Gasteiger partial charge in [-0.05, 0) is 67.1 Å². The van der Waals surface area contributed by atoms with E-state index in [1.807, 2.05) is 6.92 Å². The molecular weight excluding hydrogens is 436 g/mol. The van der Waals surface area contributed by atoms with E-state index in [2.05, 4.69) is 55.3 Å². The predicted molar refractivity (Wildman–Crippen MR) is 133 cm³/mol. The van der Waals surface area contributed by atoms with Crippen LogP contribution in [-0.4, -0.2) is 30.4 Å². The van der Waals surface area contributed by atoms with Crippen molar-refractivity contribution < 1.29 is 9.21 Å². The molecule has 1 N–H and O–H groups in total. The molecule has 0 saturated carbocycles. The number of rotatable bonds is 5. The summed E-state index contributed by atoms with van der Waals surface area (Å²) in [6, 6.07) is 13.3. The Morgan fingerprint density at radius 1 is 1.12 bits per heavy atom. The standard InChI is InChI=1S/C27H31ClN2O3/c1-17-13-24-20(14-21(17)28)23(31)15-25(33-24)26(32)29-16-22(30-11-5-6-12-30)18-7-9-19(10-8-18)27(2,3)4/h7-10,13-15,22H,5-6,11-12,16H2,1-4H3,(H,29,32)/t22-/m1/s1. The van der Waals surface area contributed by atoms with Gasteiger partial charge in [0.2, 0.25) is 0 Å². The average Bonchev–Trinajstić information content (AvgIpc) is 3.29. The van der Waals surface area contributed by atoms with Crippen molar-refractivity contribution >= 4 is 28.5 Å². The Morgan fingerprint density at radius 3 is 2.42 bits per heavy atom.